The normalized spacial score (nSPS) is 17.8. The Kier molecular flexibility index (Phi) is 9.85. The average Bonchev–Trinajstić information content (AvgIpc) is 3.17. The Morgan fingerprint density at radius 1 is 1.24 bits per heavy atom. The van der Waals surface area contributed by atoms with Crippen molar-refractivity contribution in [3.05, 3.63) is 11.6 Å². The van der Waals surface area contributed by atoms with Crippen molar-refractivity contribution in [3.8, 4) is 0 Å². The van der Waals surface area contributed by atoms with Crippen molar-refractivity contribution in [2.45, 2.75) is 59.0 Å². The maximum absolute atomic E-state index is 13.1. The summed E-state index contributed by atoms with van der Waals surface area (Å²) in [6.07, 6.45) is 4.63. The van der Waals surface area contributed by atoms with Gasteiger partial charge in [0.25, 0.3) is 0 Å². The number of likely N-dealkylation sites (tertiary alicyclic amines) is 1. The largest absolute Gasteiger partial charge is 0.350 e. The second-order valence-corrected chi connectivity index (χ2v) is 8.00. The van der Waals surface area contributed by atoms with E-state index >= 15 is 0 Å². The summed E-state index contributed by atoms with van der Waals surface area (Å²) in [5, 5.41) is 2.37. The fourth-order valence-corrected chi connectivity index (χ4v) is 3.69. The van der Waals surface area contributed by atoms with Crippen LogP contribution in [0.15, 0.2) is 11.6 Å². The van der Waals surface area contributed by atoms with Crippen molar-refractivity contribution in [2.24, 2.45) is 5.92 Å². The molecule has 0 aromatic heterocycles. The van der Waals surface area contributed by atoms with Crippen LogP contribution in [0.1, 0.15) is 47.0 Å². The van der Waals surface area contributed by atoms with Gasteiger partial charge in [-0.3, -0.25) is 19.2 Å². The van der Waals surface area contributed by atoms with Crippen LogP contribution in [-0.2, 0) is 19.2 Å². The van der Waals surface area contributed by atoms with E-state index in [0.717, 1.165) is 12.8 Å². The van der Waals surface area contributed by atoms with Crippen LogP contribution in [0.2, 0.25) is 0 Å². The highest BCUT2D eigenvalue weighted by molar-refractivity contribution is 5.97. The zero-order valence-corrected chi connectivity index (χ0v) is 18.6. The molecular formula is C21H36N4O4. The third-order valence-corrected chi connectivity index (χ3v) is 5.35. The summed E-state index contributed by atoms with van der Waals surface area (Å²) >= 11 is 0. The van der Waals surface area contributed by atoms with E-state index in [9.17, 15) is 19.2 Å². The van der Waals surface area contributed by atoms with Gasteiger partial charge in [-0.1, -0.05) is 26.8 Å². The first-order valence-electron chi connectivity index (χ1n) is 10.3. The van der Waals surface area contributed by atoms with Crippen molar-refractivity contribution < 1.29 is 19.2 Å². The molecule has 1 fully saturated rings. The number of carbonyl (C=O) groups excluding carboxylic acids is 4. The summed E-state index contributed by atoms with van der Waals surface area (Å²) < 4.78 is 0. The topological polar surface area (TPSA) is 90.0 Å². The fourth-order valence-electron chi connectivity index (χ4n) is 3.69. The van der Waals surface area contributed by atoms with E-state index < -0.39 is 6.04 Å². The number of rotatable bonds is 10. The highest BCUT2D eigenvalue weighted by Gasteiger charge is 2.36. The molecule has 29 heavy (non-hydrogen) atoms. The monoisotopic (exact) mass is 408 g/mol. The predicted molar refractivity (Wildman–Crippen MR) is 112 cm³/mol. The van der Waals surface area contributed by atoms with E-state index in [4.69, 9.17) is 0 Å². The lowest BCUT2D eigenvalue weighted by atomic mass is 9.99. The smallest absolute Gasteiger partial charge is 0.249 e. The van der Waals surface area contributed by atoms with Gasteiger partial charge in [0.1, 0.15) is 6.04 Å². The van der Waals surface area contributed by atoms with E-state index in [2.05, 4.69) is 5.32 Å². The second kappa shape index (κ2) is 11.6. The van der Waals surface area contributed by atoms with E-state index in [1.54, 1.807) is 41.8 Å². The molecule has 1 N–H and O–H groups in total. The maximum Gasteiger partial charge on any atom is 0.249 e. The number of nitrogens with one attached hydrogen (secondary N) is 1. The molecule has 0 aromatic rings. The minimum absolute atomic E-state index is 0.0156. The second-order valence-electron chi connectivity index (χ2n) is 8.00. The summed E-state index contributed by atoms with van der Waals surface area (Å²) in [6.45, 7) is 8.83. The van der Waals surface area contributed by atoms with Crippen molar-refractivity contribution in [2.75, 3.05) is 33.7 Å². The van der Waals surface area contributed by atoms with E-state index in [1.165, 1.54) is 0 Å². The molecule has 0 bridgehead atoms. The summed E-state index contributed by atoms with van der Waals surface area (Å²) in [5.41, 5.74) is 0.518. The quantitative estimate of drug-likeness (QED) is 0.432. The molecule has 0 aliphatic carbocycles. The van der Waals surface area contributed by atoms with Crippen LogP contribution in [-0.4, -0.2) is 84.6 Å². The van der Waals surface area contributed by atoms with Crippen LogP contribution in [0.25, 0.3) is 0 Å². The molecule has 0 radical (unpaired) electrons. The van der Waals surface area contributed by atoms with Gasteiger partial charge >= 0.3 is 0 Å². The summed E-state index contributed by atoms with van der Waals surface area (Å²) in [4.78, 5) is 53.4. The lowest BCUT2D eigenvalue weighted by Gasteiger charge is -2.31. The first-order valence-corrected chi connectivity index (χ1v) is 10.3. The first kappa shape index (κ1) is 24.7. The Labute approximate surface area is 174 Å². The van der Waals surface area contributed by atoms with Crippen LogP contribution in [0.5, 0.6) is 0 Å². The highest BCUT2D eigenvalue weighted by Crippen LogP contribution is 2.22. The highest BCUT2D eigenvalue weighted by atomic mass is 16.2. The van der Waals surface area contributed by atoms with Crippen LogP contribution in [0, 0.1) is 5.92 Å². The van der Waals surface area contributed by atoms with Crippen molar-refractivity contribution >= 4 is 24.1 Å². The van der Waals surface area contributed by atoms with Gasteiger partial charge in [-0.15, -0.1) is 0 Å². The Morgan fingerprint density at radius 3 is 2.45 bits per heavy atom. The third kappa shape index (κ3) is 6.58. The van der Waals surface area contributed by atoms with Gasteiger partial charge in [0, 0.05) is 32.8 Å². The van der Waals surface area contributed by atoms with E-state index in [-0.39, 0.29) is 36.2 Å². The van der Waals surface area contributed by atoms with Crippen LogP contribution >= 0.6 is 0 Å². The molecule has 1 unspecified atom stereocenters. The Morgan fingerprint density at radius 2 is 1.90 bits per heavy atom. The van der Waals surface area contributed by atoms with Crippen LogP contribution < -0.4 is 5.32 Å². The van der Waals surface area contributed by atoms with E-state index in [0.29, 0.717) is 31.5 Å². The molecule has 0 aromatic carbocycles. The number of hydrogen-bond donors (Lipinski definition) is 1. The molecule has 0 spiro atoms. The van der Waals surface area contributed by atoms with Crippen molar-refractivity contribution in [1.29, 1.82) is 0 Å². The number of hydrogen-bond acceptors (Lipinski definition) is 4. The number of amides is 4. The zero-order valence-electron chi connectivity index (χ0n) is 18.6. The van der Waals surface area contributed by atoms with Crippen LogP contribution in [0.4, 0.5) is 0 Å². The molecule has 1 saturated heterocycles. The SMILES string of the molecule is CCCN(C)C(=O)[C@@H]1CCCN1C(=O)C(C)=CC(C(C)C)N(C)C(=O)CNC=O. The number of carbonyl (C=O) groups is 4. The Bertz CT molecular complexity index is 632. The molecule has 8 nitrogen and oxygen atoms in total. The summed E-state index contributed by atoms with van der Waals surface area (Å²) in [7, 11) is 3.44. The molecule has 1 heterocycles. The lowest BCUT2D eigenvalue weighted by Crippen LogP contribution is -2.47. The Hall–Kier alpha value is -2.38. The molecule has 1 aliphatic heterocycles. The number of likely N-dealkylation sites (N-methyl/N-ethyl adjacent to an activating group) is 2. The first-order chi connectivity index (χ1) is 13.6. The van der Waals surface area contributed by atoms with Gasteiger partial charge in [-0.25, -0.2) is 0 Å². The molecule has 0 saturated carbocycles. The Balaban J connectivity index is 2.97. The maximum atomic E-state index is 13.1. The van der Waals surface area contributed by atoms with Gasteiger partial charge in [0.15, 0.2) is 0 Å². The lowest BCUT2D eigenvalue weighted by molar-refractivity contribution is -0.141. The standard InChI is InChI=1S/C21H36N4O4/c1-7-10-23(5)21(29)17-9-8-11-25(17)20(28)16(4)12-18(15(2)3)24(6)19(27)13-22-14-26/h12,14-15,17-18H,7-11,13H2,1-6H3,(H,22,26)/t17-,18?/m0/s1. The number of nitrogens with zero attached hydrogens (tertiary/aromatic N) is 3. The molecule has 164 valence electrons. The molecule has 4 amide bonds. The van der Waals surface area contributed by atoms with E-state index in [1.807, 2.05) is 20.8 Å². The van der Waals surface area contributed by atoms with Gasteiger partial charge < -0.3 is 20.0 Å². The minimum atomic E-state index is -0.420. The van der Waals surface area contributed by atoms with Crippen molar-refractivity contribution in [3.63, 3.8) is 0 Å². The molecule has 1 rings (SSSR count). The average molecular weight is 409 g/mol. The molecule has 2 atom stereocenters. The van der Waals surface area contributed by atoms with Crippen molar-refractivity contribution in [1.82, 2.24) is 20.0 Å². The van der Waals surface area contributed by atoms with Gasteiger partial charge in [-0.2, -0.15) is 0 Å². The van der Waals surface area contributed by atoms with Gasteiger partial charge in [0.05, 0.1) is 12.6 Å². The molecule has 1 aliphatic rings. The summed E-state index contributed by atoms with van der Waals surface area (Å²) in [6, 6.07) is -0.713. The predicted octanol–water partition coefficient (Wildman–Crippen LogP) is 1.02. The summed E-state index contributed by atoms with van der Waals surface area (Å²) in [5.74, 6) is -0.334. The third-order valence-electron chi connectivity index (χ3n) is 5.35. The van der Waals surface area contributed by atoms with Crippen LogP contribution in [0.3, 0.4) is 0 Å². The fraction of sp³-hybridized carbons (Fsp3) is 0.714. The molecular weight excluding hydrogens is 372 g/mol. The zero-order chi connectivity index (χ0) is 22.1. The minimum Gasteiger partial charge on any atom is -0.350 e. The van der Waals surface area contributed by atoms with Gasteiger partial charge in [0.2, 0.25) is 24.1 Å². The van der Waals surface area contributed by atoms with Gasteiger partial charge in [-0.05, 0) is 32.1 Å². The molecule has 8 heteroatoms.